The lowest BCUT2D eigenvalue weighted by atomic mass is 10.1. The molecule has 1 heterocycles. The average Bonchev–Trinajstić information content (AvgIpc) is 2.39. The van der Waals surface area contributed by atoms with Crippen LogP contribution in [0.5, 0.6) is 0 Å². The first-order valence-electron chi connectivity index (χ1n) is 6.33. The van der Waals surface area contributed by atoms with Crippen molar-refractivity contribution < 1.29 is 19.1 Å². The van der Waals surface area contributed by atoms with Crippen molar-refractivity contribution >= 4 is 12.0 Å². The van der Waals surface area contributed by atoms with E-state index in [1.54, 1.807) is 11.8 Å². The fourth-order valence-electron chi connectivity index (χ4n) is 1.98. The van der Waals surface area contributed by atoms with Crippen LogP contribution in [-0.2, 0) is 14.3 Å². The normalized spacial score (nSPS) is 18.3. The van der Waals surface area contributed by atoms with Gasteiger partial charge in [0.05, 0.1) is 7.11 Å². The van der Waals surface area contributed by atoms with E-state index in [1.807, 2.05) is 6.92 Å². The molecule has 1 N–H and O–H groups in total. The number of methoxy groups -OCH3 is 1. The lowest BCUT2D eigenvalue weighted by Crippen LogP contribution is -2.48. The molecule has 1 unspecified atom stereocenters. The lowest BCUT2D eigenvalue weighted by Gasteiger charge is -2.31. The van der Waals surface area contributed by atoms with Crippen LogP contribution in [0.2, 0.25) is 0 Å². The fraction of sp³-hybridized carbons (Fsp3) is 0.833. The summed E-state index contributed by atoms with van der Waals surface area (Å²) in [4.78, 5) is 24.7. The highest BCUT2D eigenvalue weighted by Crippen LogP contribution is 2.11. The summed E-state index contributed by atoms with van der Waals surface area (Å²) < 4.78 is 9.88. The number of likely N-dealkylation sites (tertiary alicyclic amines) is 1. The molecule has 0 aromatic rings. The van der Waals surface area contributed by atoms with E-state index < -0.39 is 6.10 Å². The molecule has 0 aromatic heterocycles. The van der Waals surface area contributed by atoms with Crippen LogP contribution in [0.3, 0.4) is 0 Å². The second kappa shape index (κ2) is 7.20. The smallest absolute Gasteiger partial charge is 0.409 e. The zero-order chi connectivity index (χ0) is 13.5. The molecule has 1 saturated heterocycles. The highest BCUT2D eigenvalue weighted by Gasteiger charge is 2.25. The van der Waals surface area contributed by atoms with Crippen molar-refractivity contribution in [2.24, 2.45) is 0 Å². The Kier molecular flexibility index (Phi) is 5.91. The number of nitrogens with zero attached hydrogens (tertiary/aromatic N) is 1. The molecule has 1 rings (SSSR count). The topological polar surface area (TPSA) is 67.9 Å². The summed E-state index contributed by atoms with van der Waals surface area (Å²) in [7, 11) is 1.37. The van der Waals surface area contributed by atoms with Gasteiger partial charge in [-0.25, -0.2) is 4.79 Å². The predicted molar refractivity (Wildman–Crippen MR) is 66.2 cm³/mol. The van der Waals surface area contributed by atoms with Crippen molar-refractivity contribution in [1.29, 1.82) is 0 Å². The van der Waals surface area contributed by atoms with Crippen LogP contribution in [0.25, 0.3) is 0 Å². The van der Waals surface area contributed by atoms with Gasteiger partial charge in [-0.05, 0) is 26.7 Å². The molecule has 1 aliphatic heterocycles. The van der Waals surface area contributed by atoms with Gasteiger partial charge in [0.1, 0.15) is 6.10 Å². The van der Waals surface area contributed by atoms with Crippen LogP contribution < -0.4 is 5.32 Å². The molecule has 0 bridgehead atoms. The Bertz CT molecular complexity index is 288. The van der Waals surface area contributed by atoms with Crippen LogP contribution in [0, 0.1) is 0 Å². The SMILES string of the molecule is CCOC(C)C(=O)NC1CCN(C(=O)OC)CC1. The molecule has 0 aromatic carbocycles. The highest BCUT2D eigenvalue weighted by atomic mass is 16.5. The zero-order valence-electron chi connectivity index (χ0n) is 11.3. The van der Waals surface area contributed by atoms with Crippen LogP contribution in [0.15, 0.2) is 0 Å². The van der Waals surface area contributed by atoms with Crippen LogP contribution in [0.1, 0.15) is 26.7 Å². The highest BCUT2D eigenvalue weighted by molar-refractivity contribution is 5.80. The third-order valence-corrected chi connectivity index (χ3v) is 3.06. The van der Waals surface area contributed by atoms with Gasteiger partial charge in [0.2, 0.25) is 5.91 Å². The third kappa shape index (κ3) is 4.18. The molecular weight excluding hydrogens is 236 g/mol. The Balaban J connectivity index is 2.31. The van der Waals surface area contributed by atoms with Crippen LogP contribution in [0.4, 0.5) is 4.79 Å². The predicted octanol–water partition coefficient (Wildman–Crippen LogP) is 0.758. The van der Waals surface area contributed by atoms with E-state index >= 15 is 0 Å². The Morgan fingerprint density at radius 3 is 2.50 bits per heavy atom. The van der Waals surface area contributed by atoms with Gasteiger partial charge in [-0.2, -0.15) is 0 Å². The molecule has 0 saturated carbocycles. The summed E-state index contributed by atoms with van der Waals surface area (Å²) in [5, 5.41) is 2.94. The number of hydrogen-bond acceptors (Lipinski definition) is 4. The van der Waals surface area contributed by atoms with Gasteiger partial charge in [0.25, 0.3) is 0 Å². The number of piperidine rings is 1. The van der Waals surface area contributed by atoms with Crippen molar-refractivity contribution in [2.75, 3.05) is 26.8 Å². The Labute approximate surface area is 108 Å². The fourth-order valence-corrected chi connectivity index (χ4v) is 1.98. The largest absolute Gasteiger partial charge is 0.453 e. The van der Waals surface area contributed by atoms with E-state index in [0.717, 1.165) is 12.8 Å². The molecule has 6 nitrogen and oxygen atoms in total. The van der Waals surface area contributed by atoms with E-state index in [-0.39, 0.29) is 18.0 Å². The number of hydrogen-bond donors (Lipinski definition) is 1. The van der Waals surface area contributed by atoms with Gasteiger partial charge < -0.3 is 19.7 Å². The van der Waals surface area contributed by atoms with E-state index in [4.69, 9.17) is 4.74 Å². The van der Waals surface area contributed by atoms with Gasteiger partial charge in [-0.3, -0.25) is 4.79 Å². The number of rotatable bonds is 4. The van der Waals surface area contributed by atoms with E-state index in [1.165, 1.54) is 7.11 Å². The molecule has 104 valence electrons. The molecule has 0 spiro atoms. The maximum Gasteiger partial charge on any atom is 0.409 e. The molecule has 0 aliphatic carbocycles. The summed E-state index contributed by atoms with van der Waals surface area (Å²) in [5.74, 6) is -0.0895. The first-order chi connectivity index (χ1) is 8.58. The second-order valence-electron chi connectivity index (χ2n) is 4.34. The van der Waals surface area contributed by atoms with Crippen molar-refractivity contribution in [1.82, 2.24) is 10.2 Å². The van der Waals surface area contributed by atoms with E-state index in [2.05, 4.69) is 10.1 Å². The Morgan fingerprint density at radius 2 is 2.00 bits per heavy atom. The first kappa shape index (κ1) is 14.8. The van der Waals surface area contributed by atoms with Gasteiger partial charge in [-0.15, -0.1) is 0 Å². The standard InChI is InChI=1S/C12H22N2O4/c1-4-18-9(2)11(15)13-10-5-7-14(8-6-10)12(16)17-3/h9-10H,4-8H2,1-3H3,(H,13,15). The summed E-state index contributed by atoms with van der Waals surface area (Å²) in [6.45, 7) is 5.34. The summed E-state index contributed by atoms with van der Waals surface area (Å²) in [6.07, 6.45) is 0.774. The van der Waals surface area contributed by atoms with Crippen molar-refractivity contribution in [3.63, 3.8) is 0 Å². The number of amides is 2. The van der Waals surface area contributed by atoms with Crippen LogP contribution >= 0.6 is 0 Å². The molecule has 1 atom stereocenters. The molecule has 18 heavy (non-hydrogen) atoms. The zero-order valence-corrected chi connectivity index (χ0v) is 11.3. The number of nitrogens with one attached hydrogen (secondary N) is 1. The quantitative estimate of drug-likeness (QED) is 0.808. The third-order valence-electron chi connectivity index (χ3n) is 3.06. The monoisotopic (exact) mass is 258 g/mol. The van der Waals surface area contributed by atoms with E-state index in [9.17, 15) is 9.59 Å². The summed E-state index contributed by atoms with van der Waals surface area (Å²) in [5.41, 5.74) is 0. The Morgan fingerprint density at radius 1 is 1.39 bits per heavy atom. The number of carbonyl (C=O) groups is 2. The molecule has 6 heteroatoms. The van der Waals surface area contributed by atoms with Gasteiger partial charge >= 0.3 is 6.09 Å². The first-order valence-corrected chi connectivity index (χ1v) is 6.33. The van der Waals surface area contributed by atoms with Gasteiger partial charge in [0, 0.05) is 25.7 Å². The lowest BCUT2D eigenvalue weighted by molar-refractivity contribution is -0.132. The van der Waals surface area contributed by atoms with E-state index in [0.29, 0.717) is 19.7 Å². The number of ether oxygens (including phenoxy) is 2. The Hall–Kier alpha value is -1.30. The van der Waals surface area contributed by atoms with Crippen molar-refractivity contribution in [3.05, 3.63) is 0 Å². The second-order valence-corrected chi connectivity index (χ2v) is 4.34. The minimum Gasteiger partial charge on any atom is -0.453 e. The maximum atomic E-state index is 11.7. The van der Waals surface area contributed by atoms with Crippen molar-refractivity contribution in [3.8, 4) is 0 Å². The summed E-state index contributed by atoms with van der Waals surface area (Å²) >= 11 is 0. The molecule has 2 amide bonds. The molecule has 0 radical (unpaired) electrons. The average molecular weight is 258 g/mol. The van der Waals surface area contributed by atoms with Crippen molar-refractivity contribution in [2.45, 2.75) is 38.8 Å². The van der Waals surface area contributed by atoms with Gasteiger partial charge in [0.15, 0.2) is 0 Å². The van der Waals surface area contributed by atoms with Gasteiger partial charge in [-0.1, -0.05) is 0 Å². The molecular formula is C12H22N2O4. The molecule has 1 fully saturated rings. The number of carbonyl (C=O) groups excluding carboxylic acids is 2. The molecule has 1 aliphatic rings. The summed E-state index contributed by atoms with van der Waals surface area (Å²) in [6, 6.07) is 0.112. The van der Waals surface area contributed by atoms with Crippen LogP contribution in [-0.4, -0.2) is 55.9 Å². The minimum absolute atomic E-state index is 0.0895. The minimum atomic E-state index is -0.423. The maximum absolute atomic E-state index is 11.7.